The summed E-state index contributed by atoms with van der Waals surface area (Å²) in [6.45, 7) is 5.82. The molecule has 0 radical (unpaired) electrons. The van der Waals surface area contributed by atoms with Gasteiger partial charge >= 0.3 is 5.69 Å². The van der Waals surface area contributed by atoms with E-state index < -0.39 is 0 Å². The van der Waals surface area contributed by atoms with Crippen LogP contribution in [0.25, 0.3) is 11.0 Å². The minimum atomic E-state index is -0.170. The third kappa shape index (κ3) is 3.05. The van der Waals surface area contributed by atoms with Gasteiger partial charge in [-0.15, -0.1) is 0 Å². The van der Waals surface area contributed by atoms with Gasteiger partial charge in [0.05, 0.1) is 23.8 Å². The first-order valence-electron chi connectivity index (χ1n) is 7.06. The van der Waals surface area contributed by atoms with Crippen LogP contribution < -0.4 is 11.0 Å². The lowest BCUT2D eigenvalue weighted by molar-refractivity contribution is 0.507. The molecule has 2 heterocycles. The maximum absolute atomic E-state index is 11.3. The molecule has 2 aromatic heterocycles. The van der Waals surface area contributed by atoms with Gasteiger partial charge in [0.2, 0.25) is 0 Å². The fourth-order valence-corrected chi connectivity index (χ4v) is 2.42. The van der Waals surface area contributed by atoms with Crippen molar-refractivity contribution < 1.29 is 0 Å². The van der Waals surface area contributed by atoms with Gasteiger partial charge in [-0.2, -0.15) is 5.10 Å². The number of H-pyrrole nitrogens is 2. The number of hydrogen-bond donors (Lipinski definition) is 3. The predicted octanol–water partition coefficient (Wildman–Crippen LogP) is 1.71. The highest BCUT2D eigenvalue weighted by Gasteiger charge is 2.07. The van der Waals surface area contributed by atoms with Gasteiger partial charge in [-0.25, -0.2) is 4.79 Å². The van der Waals surface area contributed by atoms with E-state index in [1.54, 1.807) is 0 Å². The Bertz CT molecular complexity index is 798. The maximum Gasteiger partial charge on any atom is 0.323 e. The Morgan fingerprint density at radius 1 is 1.33 bits per heavy atom. The third-order valence-corrected chi connectivity index (χ3v) is 3.59. The summed E-state index contributed by atoms with van der Waals surface area (Å²) in [5.74, 6) is 0. The highest BCUT2D eigenvalue weighted by molar-refractivity contribution is 5.75. The summed E-state index contributed by atoms with van der Waals surface area (Å²) in [4.78, 5) is 16.8. The van der Waals surface area contributed by atoms with E-state index in [9.17, 15) is 4.79 Å². The molecule has 1 unspecified atom stereocenters. The lowest BCUT2D eigenvalue weighted by atomic mass is 10.1. The number of fused-ring (bicyclic) bond motifs is 1. The smallest absolute Gasteiger partial charge is 0.308 e. The van der Waals surface area contributed by atoms with Crippen molar-refractivity contribution in [2.75, 3.05) is 6.54 Å². The summed E-state index contributed by atoms with van der Waals surface area (Å²) in [6, 6.07) is 6.17. The number of benzene rings is 1. The third-order valence-electron chi connectivity index (χ3n) is 3.59. The van der Waals surface area contributed by atoms with Crippen LogP contribution >= 0.6 is 0 Å². The Morgan fingerprint density at radius 3 is 2.90 bits per heavy atom. The molecule has 0 aliphatic rings. The number of aryl methyl sites for hydroxylation is 1. The SMILES string of the molecule is Cc1cnn(CCNC(C)c2ccc3[nH]c(=O)[nH]c3c2)c1. The van der Waals surface area contributed by atoms with Crippen molar-refractivity contribution in [1.82, 2.24) is 25.1 Å². The quantitative estimate of drug-likeness (QED) is 0.668. The van der Waals surface area contributed by atoms with E-state index in [4.69, 9.17) is 0 Å². The lowest BCUT2D eigenvalue weighted by Crippen LogP contribution is -2.23. The van der Waals surface area contributed by atoms with Crippen molar-refractivity contribution in [3.05, 3.63) is 52.2 Å². The first-order chi connectivity index (χ1) is 10.1. The van der Waals surface area contributed by atoms with Crippen LogP contribution in [0.4, 0.5) is 0 Å². The summed E-state index contributed by atoms with van der Waals surface area (Å²) in [5, 5.41) is 7.73. The first kappa shape index (κ1) is 13.6. The molecule has 0 amide bonds. The van der Waals surface area contributed by atoms with Crippen molar-refractivity contribution >= 4 is 11.0 Å². The van der Waals surface area contributed by atoms with Crippen LogP contribution in [0.5, 0.6) is 0 Å². The molecule has 0 bridgehead atoms. The van der Waals surface area contributed by atoms with Crippen molar-refractivity contribution in [3.63, 3.8) is 0 Å². The lowest BCUT2D eigenvalue weighted by Gasteiger charge is -2.14. The predicted molar refractivity (Wildman–Crippen MR) is 82.3 cm³/mol. The molecule has 0 fully saturated rings. The Labute approximate surface area is 122 Å². The number of nitrogens with one attached hydrogen (secondary N) is 3. The van der Waals surface area contributed by atoms with Crippen molar-refractivity contribution in [3.8, 4) is 0 Å². The van der Waals surface area contributed by atoms with Crippen LogP contribution in [0.1, 0.15) is 24.1 Å². The zero-order valence-corrected chi connectivity index (χ0v) is 12.2. The van der Waals surface area contributed by atoms with Gasteiger partial charge < -0.3 is 15.3 Å². The zero-order valence-electron chi connectivity index (χ0n) is 12.2. The van der Waals surface area contributed by atoms with Gasteiger partial charge in [0.25, 0.3) is 0 Å². The molecular weight excluding hydrogens is 266 g/mol. The zero-order chi connectivity index (χ0) is 14.8. The Balaban J connectivity index is 1.63. The van der Waals surface area contributed by atoms with E-state index in [-0.39, 0.29) is 11.7 Å². The van der Waals surface area contributed by atoms with Gasteiger partial charge in [-0.1, -0.05) is 6.07 Å². The van der Waals surface area contributed by atoms with Crippen LogP contribution in [-0.4, -0.2) is 26.3 Å². The van der Waals surface area contributed by atoms with Crippen molar-refractivity contribution in [2.45, 2.75) is 26.4 Å². The maximum atomic E-state index is 11.3. The number of rotatable bonds is 5. The van der Waals surface area contributed by atoms with Crippen LogP contribution in [0, 0.1) is 6.92 Å². The van der Waals surface area contributed by atoms with Crippen molar-refractivity contribution in [1.29, 1.82) is 0 Å². The average molecular weight is 285 g/mol. The number of imidazole rings is 1. The van der Waals surface area contributed by atoms with Crippen LogP contribution in [0.3, 0.4) is 0 Å². The van der Waals surface area contributed by atoms with Crippen LogP contribution in [-0.2, 0) is 6.54 Å². The van der Waals surface area contributed by atoms with Crippen LogP contribution in [0.2, 0.25) is 0 Å². The topological polar surface area (TPSA) is 78.5 Å². The highest BCUT2D eigenvalue weighted by atomic mass is 16.1. The molecule has 0 aliphatic heterocycles. The second kappa shape index (κ2) is 5.57. The fraction of sp³-hybridized carbons (Fsp3) is 0.333. The number of aromatic amines is 2. The molecule has 21 heavy (non-hydrogen) atoms. The fourth-order valence-electron chi connectivity index (χ4n) is 2.42. The molecule has 1 aromatic carbocycles. The van der Waals surface area contributed by atoms with E-state index in [0.29, 0.717) is 0 Å². The molecule has 0 spiro atoms. The van der Waals surface area contributed by atoms with Gasteiger partial charge in [0.1, 0.15) is 0 Å². The minimum absolute atomic E-state index is 0.170. The molecule has 0 saturated carbocycles. The Morgan fingerprint density at radius 2 is 2.14 bits per heavy atom. The van der Waals surface area contributed by atoms with Crippen LogP contribution in [0.15, 0.2) is 35.4 Å². The molecule has 6 heteroatoms. The van der Waals surface area contributed by atoms with Gasteiger partial charge in [-0.05, 0) is 37.1 Å². The molecule has 1 atom stereocenters. The van der Waals surface area contributed by atoms with E-state index in [2.05, 4.69) is 27.3 Å². The molecule has 6 nitrogen and oxygen atoms in total. The summed E-state index contributed by atoms with van der Waals surface area (Å²) in [5.41, 5.74) is 3.83. The minimum Gasteiger partial charge on any atom is -0.308 e. The van der Waals surface area contributed by atoms with Gasteiger partial charge in [0, 0.05) is 18.8 Å². The monoisotopic (exact) mass is 285 g/mol. The Hall–Kier alpha value is -2.34. The molecule has 3 aromatic rings. The van der Waals surface area contributed by atoms with Gasteiger partial charge in [-0.3, -0.25) is 4.68 Å². The number of nitrogens with zero attached hydrogens (tertiary/aromatic N) is 2. The molecular formula is C15H19N5O. The summed E-state index contributed by atoms with van der Waals surface area (Å²) >= 11 is 0. The second-order valence-corrected chi connectivity index (χ2v) is 5.34. The molecule has 3 rings (SSSR count). The summed E-state index contributed by atoms with van der Waals surface area (Å²) in [7, 11) is 0. The van der Waals surface area contributed by atoms with E-state index >= 15 is 0 Å². The standard InChI is InChI=1S/C15H19N5O/c1-10-8-17-20(9-10)6-5-16-11(2)12-3-4-13-14(7-12)19-15(21)18-13/h3-4,7-9,11,16H,5-6H2,1-2H3,(H2,18,19,21). The summed E-state index contributed by atoms with van der Waals surface area (Å²) in [6.07, 6.45) is 3.89. The van der Waals surface area contributed by atoms with E-state index in [0.717, 1.165) is 29.7 Å². The average Bonchev–Trinajstić information content (AvgIpc) is 3.02. The highest BCUT2D eigenvalue weighted by Crippen LogP contribution is 2.16. The molecule has 0 saturated heterocycles. The Kier molecular flexibility index (Phi) is 3.62. The number of hydrogen-bond acceptors (Lipinski definition) is 3. The van der Waals surface area contributed by atoms with Gasteiger partial charge in [0.15, 0.2) is 0 Å². The normalized spacial score (nSPS) is 12.9. The largest absolute Gasteiger partial charge is 0.323 e. The molecule has 3 N–H and O–H groups in total. The molecule has 0 aliphatic carbocycles. The number of aromatic nitrogens is 4. The van der Waals surface area contributed by atoms with E-state index in [1.165, 1.54) is 5.56 Å². The molecule has 110 valence electrons. The summed E-state index contributed by atoms with van der Waals surface area (Å²) < 4.78 is 1.93. The van der Waals surface area contributed by atoms with E-state index in [1.807, 2.05) is 42.2 Å². The first-order valence-corrected chi connectivity index (χ1v) is 7.06. The second-order valence-electron chi connectivity index (χ2n) is 5.34. The van der Waals surface area contributed by atoms with Crippen molar-refractivity contribution in [2.24, 2.45) is 0 Å².